The molecule has 0 aliphatic carbocycles. The van der Waals surface area contributed by atoms with Crippen LogP contribution in [0.25, 0.3) is 0 Å². The van der Waals surface area contributed by atoms with Gasteiger partial charge >= 0.3 is 24.1 Å². The highest BCUT2D eigenvalue weighted by molar-refractivity contribution is 5.79. The van der Waals surface area contributed by atoms with E-state index in [1.54, 1.807) is 40.7 Å². The second-order valence-corrected chi connectivity index (χ2v) is 10.4. The third-order valence-corrected chi connectivity index (χ3v) is 6.55. The van der Waals surface area contributed by atoms with E-state index < -0.39 is 42.3 Å². The smallest absolute Gasteiger partial charge is 0.458 e. The van der Waals surface area contributed by atoms with Crippen molar-refractivity contribution >= 4 is 24.1 Å². The van der Waals surface area contributed by atoms with Gasteiger partial charge in [-0.25, -0.2) is 4.79 Å². The fourth-order valence-electron chi connectivity index (χ4n) is 3.59. The van der Waals surface area contributed by atoms with Gasteiger partial charge in [-0.1, -0.05) is 53.5 Å². The zero-order chi connectivity index (χ0) is 30.4. The maximum absolute atomic E-state index is 12.7. The number of rotatable bonds is 16. The van der Waals surface area contributed by atoms with Gasteiger partial charge in [0.05, 0.1) is 11.8 Å². The van der Waals surface area contributed by atoms with Gasteiger partial charge in [0, 0.05) is 0 Å². The SMILES string of the molecule is CCCC(C)C(=O)Oc1ccc(C[C@H](N)C(=O)O[C@@H](C)[C@H](C)OC(=O)OC(C)CC)cc1OC(=O)C(C)CCC. The van der Waals surface area contributed by atoms with Crippen LogP contribution in [0.4, 0.5) is 4.79 Å². The highest BCUT2D eigenvalue weighted by Crippen LogP contribution is 2.31. The fourth-order valence-corrected chi connectivity index (χ4v) is 3.59. The molecule has 0 heterocycles. The Labute approximate surface area is 238 Å². The van der Waals surface area contributed by atoms with E-state index >= 15 is 0 Å². The van der Waals surface area contributed by atoms with Crippen molar-refractivity contribution in [3.63, 3.8) is 0 Å². The molecule has 0 amide bonds. The molecule has 0 fully saturated rings. The first kappa shape index (κ1) is 34.9. The molecule has 1 rings (SSSR count). The number of esters is 3. The lowest BCUT2D eigenvalue weighted by molar-refractivity contribution is -0.155. The summed E-state index contributed by atoms with van der Waals surface area (Å²) in [5.74, 6) is -2.03. The quantitative estimate of drug-likeness (QED) is 0.201. The lowest BCUT2D eigenvalue weighted by Crippen LogP contribution is -2.39. The number of nitrogens with two attached hydrogens (primary N) is 1. The van der Waals surface area contributed by atoms with Crippen LogP contribution in [-0.4, -0.2) is 48.4 Å². The second kappa shape index (κ2) is 17.5. The van der Waals surface area contributed by atoms with Gasteiger partial charge < -0.3 is 29.4 Å². The van der Waals surface area contributed by atoms with Crippen molar-refractivity contribution in [2.45, 2.75) is 118 Å². The molecule has 0 aliphatic rings. The van der Waals surface area contributed by atoms with Crippen LogP contribution < -0.4 is 15.2 Å². The number of carbonyl (C=O) groups is 4. The van der Waals surface area contributed by atoms with Gasteiger partial charge in [-0.3, -0.25) is 14.4 Å². The van der Waals surface area contributed by atoms with Crippen LogP contribution in [0.5, 0.6) is 11.5 Å². The number of benzene rings is 1. The van der Waals surface area contributed by atoms with Crippen LogP contribution >= 0.6 is 0 Å². The molecule has 0 saturated heterocycles. The van der Waals surface area contributed by atoms with Crippen LogP contribution in [-0.2, 0) is 35.0 Å². The zero-order valence-corrected chi connectivity index (χ0v) is 25.2. The molecule has 0 radical (unpaired) electrons. The predicted octanol–water partition coefficient (Wildman–Crippen LogP) is 5.51. The lowest BCUT2D eigenvalue weighted by atomic mass is 10.0. The molecule has 40 heavy (non-hydrogen) atoms. The summed E-state index contributed by atoms with van der Waals surface area (Å²) >= 11 is 0. The van der Waals surface area contributed by atoms with Gasteiger partial charge in [0.1, 0.15) is 24.4 Å². The maximum atomic E-state index is 12.7. The van der Waals surface area contributed by atoms with Gasteiger partial charge in [-0.05, 0) is 64.2 Å². The summed E-state index contributed by atoms with van der Waals surface area (Å²) in [6.45, 7) is 14.3. The van der Waals surface area contributed by atoms with E-state index in [1.807, 2.05) is 20.8 Å². The first-order chi connectivity index (χ1) is 18.8. The standard InChI is InChI=1S/C30H47NO9/c1-9-12-18(4)27(32)39-25-15-14-23(17-26(25)40-28(33)19(5)13-10-2)16-24(31)29(34)37-21(7)22(8)38-30(35)36-20(6)11-3/h14-15,17-22,24H,9-13,16,31H2,1-8H3/t18?,19?,20?,21-,22-,24-/m0/s1. The van der Waals surface area contributed by atoms with Crippen molar-refractivity contribution < 1.29 is 42.9 Å². The Morgan fingerprint density at radius 1 is 0.725 bits per heavy atom. The number of ether oxygens (including phenoxy) is 5. The van der Waals surface area contributed by atoms with E-state index in [4.69, 9.17) is 29.4 Å². The Hall–Kier alpha value is -3.14. The molecule has 1 aromatic rings. The molecule has 10 heteroatoms. The van der Waals surface area contributed by atoms with E-state index in [0.29, 0.717) is 24.8 Å². The predicted molar refractivity (Wildman–Crippen MR) is 150 cm³/mol. The molecule has 3 unspecified atom stereocenters. The fraction of sp³-hybridized carbons (Fsp3) is 0.667. The van der Waals surface area contributed by atoms with E-state index in [2.05, 4.69) is 0 Å². The minimum absolute atomic E-state index is 0.0619. The topological polar surface area (TPSA) is 140 Å². The van der Waals surface area contributed by atoms with Gasteiger partial charge in [0.2, 0.25) is 0 Å². The molecule has 226 valence electrons. The van der Waals surface area contributed by atoms with Crippen molar-refractivity contribution in [1.29, 1.82) is 0 Å². The molecule has 0 saturated carbocycles. The monoisotopic (exact) mass is 565 g/mol. The Morgan fingerprint density at radius 2 is 1.25 bits per heavy atom. The first-order valence-corrected chi connectivity index (χ1v) is 14.2. The van der Waals surface area contributed by atoms with E-state index in [1.165, 1.54) is 12.1 Å². The average Bonchev–Trinajstić information content (AvgIpc) is 2.89. The molecule has 2 N–H and O–H groups in total. The summed E-state index contributed by atoms with van der Waals surface area (Å²) in [7, 11) is 0. The maximum Gasteiger partial charge on any atom is 0.508 e. The van der Waals surface area contributed by atoms with Crippen molar-refractivity contribution in [3.05, 3.63) is 23.8 Å². The number of hydrogen-bond acceptors (Lipinski definition) is 10. The summed E-state index contributed by atoms with van der Waals surface area (Å²) in [6, 6.07) is 3.66. The summed E-state index contributed by atoms with van der Waals surface area (Å²) in [5.41, 5.74) is 6.69. The first-order valence-electron chi connectivity index (χ1n) is 14.2. The van der Waals surface area contributed by atoms with Crippen molar-refractivity contribution in [2.24, 2.45) is 17.6 Å². The molecule has 6 atom stereocenters. The molecule has 0 bridgehead atoms. The van der Waals surface area contributed by atoms with Crippen LogP contribution in [0.2, 0.25) is 0 Å². The van der Waals surface area contributed by atoms with Crippen LogP contribution in [0.1, 0.15) is 93.1 Å². The molecule has 0 aromatic heterocycles. The Bertz CT molecular complexity index is 980. The van der Waals surface area contributed by atoms with Gasteiger partial charge in [-0.15, -0.1) is 0 Å². The molecule has 10 nitrogen and oxygen atoms in total. The van der Waals surface area contributed by atoms with Gasteiger partial charge in [-0.2, -0.15) is 0 Å². The number of hydrogen-bond donors (Lipinski definition) is 1. The molecular formula is C30H47NO9. The van der Waals surface area contributed by atoms with Crippen LogP contribution in [0, 0.1) is 11.8 Å². The lowest BCUT2D eigenvalue weighted by Gasteiger charge is -2.23. The molecule has 1 aromatic carbocycles. The van der Waals surface area contributed by atoms with Crippen LogP contribution in [0.3, 0.4) is 0 Å². The van der Waals surface area contributed by atoms with Gasteiger partial charge in [0.25, 0.3) is 0 Å². The van der Waals surface area contributed by atoms with Crippen molar-refractivity contribution in [2.75, 3.05) is 0 Å². The van der Waals surface area contributed by atoms with E-state index in [9.17, 15) is 19.2 Å². The Balaban J connectivity index is 2.96. The highest BCUT2D eigenvalue weighted by atomic mass is 16.7. The van der Waals surface area contributed by atoms with Gasteiger partial charge in [0.15, 0.2) is 11.5 Å². The van der Waals surface area contributed by atoms with Crippen molar-refractivity contribution in [1.82, 2.24) is 0 Å². The van der Waals surface area contributed by atoms with E-state index in [-0.39, 0.29) is 35.9 Å². The summed E-state index contributed by atoms with van der Waals surface area (Å²) in [4.78, 5) is 49.7. The van der Waals surface area contributed by atoms with E-state index in [0.717, 1.165) is 12.8 Å². The molecular weight excluding hydrogens is 518 g/mol. The molecule has 0 aliphatic heterocycles. The molecule has 0 spiro atoms. The summed E-state index contributed by atoms with van der Waals surface area (Å²) < 4.78 is 26.8. The minimum Gasteiger partial charge on any atom is -0.458 e. The third-order valence-electron chi connectivity index (χ3n) is 6.55. The summed E-state index contributed by atoms with van der Waals surface area (Å²) in [6.07, 6.45) is 0.990. The Kier molecular flexibility index (Phi) is 15.3. The average molecular weight is 566 g/mol. The second-order valence-electron chi connectivity index (χ2n) is 10.4. The third kappa shape index (κ3) is 11.9. The van der Waals surface area contributed by atoms with Crippen LogP contribution in [0.15, 0.2) is 18.2 Å². The Morgan fingerprint density at radius 3 is 1.77 bits per heavy atom. The minimum atomic E-state index is -1.05. The normalized spacial score (nSPS) is 15.5. The highest BCUT2D eigenvalue weighted by Gasteiger charge is 2.26. The summed E-state index contributed by atoms with van der Waals surface area (Å²) in [5, 5.41) is 0. The zero-order valence-electron chi connectivity index (χ0n) is 25.2. The number of carbonyl (C=O) groups excluding carboxylic acids is 4. The van der Waals surface area contributed by atoms with Crippen molar-refractivity contribution in [3.8, 4) is 11.5 Å². The largest absolute Gasteiger partial charge is 0.508 e.